The van der Waals surface area contributed by atoms with E-state index >= 15 is 0 Å². The van der Waals surface area contributed by atoms with Crippen LogP contribution in [0.3, 0.4) is 0 Å². The Hall–Kier alpha value is -1.59. The minimum absolute atomic E-state index is 0.0700. The third-order valence-electron chi connectivity index (χ3n) is 3.81. The highest BCUT2D eigenvalue weighted by Gasteiger charge is 2.18. The number of carbonyl (C=O) groups excluding carboxylic acids is 1. The number of para-hydroxylation sites is 1. The standard InChI is InChI=1S/C18H20N2OS2/c1-22-15-8-6-14(7-9-15)12-19-18(21)13-20-10-11-23-17-5-3-2-4-16(17)20/h2-9H,10-13H2,1H3,(H,19,21). The number of thioether (sulfide) groups is 2. The lowest BCUT2D eigenvalue weighted by Gasteiger charge is -2.30. The molecule has 0 atom stereocenters. The Kier molecular flexibility index (Phi) is 5.51. The summed E-state index contributed by atoms with van der Waals surface area (Å²) in [6, 6.07) is 16.6. The lowest BCUT2D eigenvalue weighted by Crippen LogP contribution is -2.39. The first-order valence-corrected chi connectivity index (χ1v) is 9.84. The molecule has 1 amide bonds. The first-order valence-electron chi connectivity index (χ1n) is 7.62. The molecular weight excluding hydrogens is 324 g/mol. The molecule has 1 heterocycles. The van der Waals surface area contributed by atoms with Crippen molar-refractivity contribution in [3.63, 3.8) is 0 Å². The minimum atomic E-state index is 0.0700. The highest BCUT2D eigenvalue weighted by atomic mass is 32.2. The topological polar surface area (TPSA) is 32.3 Å². The molecular formula is C18H20N2OS2. The van der Waals surface area contributed by atoms with Gasteiger partial charge in [-0.2, -0.15) is 0 Å². The number of fused-ring (bicyclic) bond motifs is 1. The average Bonchev–Trinajstić information content (AvgIpc) is 2.61. The first-order chi connectivity index (χ1) is 11.3. The number of carbonyl (C=O) groups is 1. The summed E-state index contributed by atoms with van der Waals surface area (Å²) in [5.74, 6) is 1.10. The maximum atomic E-state index is 12.3. The van der Waals surface area contributed by atoms with Gasteiger partial charge in [-0.15, -0.1) is 23.5 Å². The smallest absolute Gasteiger partial charge is 0.239 e. The lowest BCUT2D eigenvalue weighted by molar-refractivity contribution is -0.119. The van der Waals surface area contributed by atoms with Crippen LogP contribution in [-0.2, 0) is 11.3 Å². The summed E-state index contributed by atoms with van der Waals surface area (Å²) in [6.07, 6.45) is 2.06. The quantitative estimate of drug-likeness (QED) is 0.840. The molecule has 0 saturated carbocycles. The molecule has 3 rings (SSSR count). The van der Waals surface area contributed by atoms with Crippen LogP contribution in [0.15, 0.2) is 58.3 Å². The van der Waals surface area contributed by atoms with Gasteiger partial charge in [0.2, 0.25) is 5.91 Å². The summed E-state index contributed by atoms with van der Waals surface area (Å²) < 4.78 is 0. The molecule has 1 aliphatic rings. The van der Waals surface area contributed by atoms with Crippen LogP contribution < -0.4 is 10.2 Å². The molecule has 0 fully saturated rings. The van der Waals surface area contributed by atoms with Crippen LogP contribution in [-0.4, -0.2) is 31.0 Å². The molecule has 1 aliphatic heterocycles. The normalized spacial score (nSPS) is 13.5. The van der Waals surface area contributed by atoms with Gasteiger partial charge in [-0.25, -0.2) is 0 Å². The van der Waals surface area contributed by atoms with Gasteiger partial charge in [0, 0.05) is 28.6 Å². The van der Waals surface area contributed by atoms with Crippen LogP contribution >= 0.6 is 23.5 Å². The van der Waals surface area contributed by atoms with E-state index in [-0.39, 0.29) is 5.91 Å². The van der Waals surface area contributed by atoms with Gasteiger partial charge in [-0.05, 0) is 36.1 Å². The molecule has 1 N–H and O–H groups in total. The van der Waals surface area contributed by atoms with E-state index in [9.17, 15) is 4.79 Å². The van der Waals surface area contributed by atoms with Gasteiger partial charge < -0.3 is 10.2 Å². The molecule has 0 saturated heterocycles. The van der Waals surface area contributed by atoms with Crippen LogP contribution in [0.25, 0.3) is 0 Å². The van der Waals surface area contributed by atoms with Crippen molar-refractivity contribution in [1.82, 2.24) is 5.32 Å². The Bertz CT molecular complexity index is 673. The van der Waals surface area contributed by atoms with Crippen molar-refractivity contribution in [1.29, 1.82) is 0 Å². The minimum Gasteiger partial charge on any atom is -0.360 e. The van der Waals surface area contributed by atoms with E-state index in [1.54, 1.807) is 11.8 Å². The van der Waals surface area contributed by atoms with Crippen molar-refractivity contribution >= 4 is 35.1 Å². The van der Waals surface area contributed by atoms with Crippen LogP contribution in [0.1, 0.15) is 5.56 Å². The van der Waals surface area contributed by atoms with E-state index in [2.05, 4.69) is 52.9 Å². The molecule has 0 spiro atoms. The van der Waals surface area contributed by atoms with Crippen LogP contribution in [0.5, 0.6) is 0 Å². The van der Waals surface area contributed by atoms with Crippen molar-refractivity contribution < 1.29 is 4.79 Å². The summed E-state index contributed by atoms with van der Waals surface area (Å²) >= 11 is 3.58. The summed E-state index contributed by atoms with van der Waals surface area (Å²) in [4.78, 5) is 16.9. The van der Waals surface area contributed by atoms with Crippen LogP contribution in [0, 0.1) is 0 Å². The number of hydrogen-bond donors (Lipinski definition) is 1. The zero-order valence-corrected chi connectivity index (χ0v) is 14.8. The maximum absolute atomic E-state index is 12.3. The Morgan fingerprint density at radius 2 is 2.00 bits per heavy atom. The van der Waals surface area contributed by atoms with Gasteiger partial charge in [0.25, 0.3) is 0 Å². The highest BCUT2D eigenvalue weighted by Crippen LogP contribution is 2.33. The van der Waals surface area contributed by atoms with E-state index < -0.39 is 0 Å². The average molecular weight is 345 g/mol. The van der Waals surface area contributed by atoms with Crippen molar-refractivity contribution in [2.45, 2.75) is 16.3 Å². The summed E-state index contributed by atoms with van der Waals surface area (Å²) in [5, 5.41) is 3.02. The Balaban J connectivity index is 1.55. The van der Waals surface area contributed by atoms with Crippen molar-refractivity contribution in [2.24, 2.45) is 0 Å². The monoisotopic (exact) mass is 344 g/mol. The number of benzene rings is 2. The Morgan fingerprint density at radius 3 is 2.78 bits per heavy atom. The molecule has 0 unspecified atom stereocenters. The van der Waals surface area contributed by atoms with E-state index in [1.165, 1.54) is 15.5 Å². The van der Waals surface area contributed by atoms with E-state index in [0.29, 0.717) is 13.1 Å². The highest BCUT2D eigenvalue weighted by molar-refractivity contribution is 7.99. The fourth-order valence-corrected chi connectivity index (χ4v) is 4.02. The number of anilines is 1. The second-order valence-corrected chi connectivity index (χ2v) is 7.38. The second-order valence-electron chi connectivity index (χ2n) is 5.36. The third-order valence-corrected chi connectivity index (χ3v) is 5.59. The Labute approximate surface area is 145 Å². The number of rotatable bonds is 5. The van der Waals surface area contributed by atoms with E-state index in [4.69, 9.17) is 0 Å². The molecule has 0 radical (unpaired) electrons. The summed E-state index contributed by atoms with van der Waals surface area (Å²) in [6.45, 7) is 1.91. The van der Waals surface area contributed by atoms with Crippen molar-refractivity contribution in [2.75, 3.05) is 30.0 Å². The van der Waals surface area contributed by atoms with Crippen LogP contribution in [0.4, 0.5) is 5.69 Å². The molecule has 0 bridgehead atoms. The predicted octanol–water partition coefficient (Wildman–Crippen LogP) is 3.64. The third kappa shape index (κ3) is 4.24. The zero-order valence-electron chi connectivity index (χ0n) is 13.1. The Morgan fingerprint density at radius 1 is 1.22 bits per heavy atom. The number of nitrogens with zero attached hydrogens (tertiary/aromatic N) is 1. The van der Waals surface area contributed by atoms with Crippen molar-refractivity contribution in [3.05, 3.63) is 54.1 Å². The van der Waals surface area contributed by atoms with Gasteiger partial charge in [0.05, 0.1) is 12.2 Å². The summed E-state index contributed by atoms with van der Waals surface area (Å²) in [5.41, 5.74) is 2.30. The maximum Gasteiger partial charge on any atom is 0.239 e. The molecule has 23 heavy (non-hydrogen) atoms. The number of nitrogens with one attached hydrogen (secondary N) is 1. The molecule has 0 aliphatic carbocycles. The fourth-order valence-electron chi connectivity index (χ4n) is 2.56. The van der Waals surface area contributed by atoms with E-state index in [1.807, 2.05) is 23.9 Å². The lowest BCUT2D eigenvalue weighted by atomic mass is 10.2. The predicted molar refractivity (Wildman–Crippen MR) is 99.4 cm³/mol. The van der Waals surface area contributed by atoms with Gasteiger partial charge in [0.15, 0.2) is 0 Å². The SMILES string of the molecule is CSc1ccc(CNC(=O)CN2CCSc3ccccc32)cc1. The number of amides is 1. The molecule has 0 aromatic heterocycles. The zero-order chi connectivity index (χ0) is 16.1. The van der Waals surface area contributed by atoms with Crippen molar-refractivity contribution in [3.8, 4) is 0 Å². The van der Waals surface area contributed by atoms with Gasteiger partial charge in [0.1, 0.15) is 0 Å². The second kappa shape index (κ2) is 7.79. The van der Waals surface area contributed by atoms with Gasteiger partial charge in [-0.1, -0.05) is 24.3 Å². The molecule has 2 aromatic carbocycles. The molecule has 5 heteroatoms. The largest absolute Gasteiger partial charge is 0.360 e. The van der Waals surface area contributed by atoms with Gasteiger partial charge in [-0.3, -0.25) is 4.79 Å². The van der Waals surface area contributed by atoms with Crippen LogP contribution in [0.2, 0.25) is 0 Å². The molecule has 120 valence electrons. The van der Waals surface area contributed by atoms with E-state index in [0.717, 1.165) is 17.9 Å². The molecule has 2 aromatic rings. The summed E-state index contributed by atoms with van der Waals surface area (Å²) in [7, 11) is 0. The molecule has 3 nitrogen and oxygen atoms in total. The first kappa shape index (κ1) is 16.3. The number of hydrogen-bond acceptors (Lipinski definition) is 4. The fraction of sp³-hybridized carbons (Fsp3) is 0.278. The van der Waals surface area contributed by atoms with Gasteiger partial charge >= 0.3 is 0 Å².